The van der Waals surface area contributed by atoms with Crippen LogP contribution in [0.5, 0.6) is 0 Å². The van der Waals surface area contributed by atoms with Crippen LogP contribution >= 0.6 is 0 Å². The molecule has 1 aliphatic carbocycles. The van der Waals surface area contributed by atoms with Crippen LogP contribution in [0.1, 0.15) is 53.5 Å². The SMILES string of the molecule is CNC(=O)c1ccc(C(=O)NC2(C(=O)O)CCC(C)CC2)cn1. The van der Waals surface area contributed by atoms with Gasteiger partial charge in [-0.2, -0.15) is 0 Å². The molecule has 1 saturated carbocycles. The number of hydrogen-bond donors (Lipinski definition) is 3. The molecule has 2 amide bonds. The number of carbonyl (C=O) groups is 3. The molecule has 1 aliphatic rings. The van der Waals surface area contributed by atoms with Crippen molar-refractivity contribution in [1.29, 1.82) is 0 Å². The van der Waals surface area contributed by atoms with Gasteiger partial charge >= 0.3 is 5.97 Å². The van der Waals surface area contributed by atoms with Crippen molar-refractivity contribution >= 4 is 17.8 Å². The Kier molecular flexibility index (Phi) is 4.98. The fourth-order valence-corrected chi connectivity index (χ4v) is 2.73. The van der Waals surface area contributed by atoms with E-state index >= 15 is 0 Å². The summed E-state index contributed by atoms with van der Waals surface area (Å²) in [5.74, 6) is -1.38. The summed E-state index contributed by atoms with van der Waals surface area (Å²) in [5.41, 5.74) is -0.788. The highest BCUT2D eigenvalue weighted by Gasteiger charge is 2.42. The van der Waals surface area contributed by atoms with E-state index in [9.17, 15) is 19.5 Å². The van der Waals surface area contributed by atoms with Crippen molar-refractivity contribution in [1.82, 2.24) is 15.6 Å². The molecule has 0 atom stereocenters. The Morgan fingerprint density at radius 3 is 2.35 bits per heavy atom. The Labute approximate surface area is 134 Å². The Morgan fingerprint density at radius 1 is 1.22 bits per heavy atom. The molecule has 2 rings (SSSR count). The number of aromatic nitrogens is 1. The number of carboxylic acid groups (broad SMARTS) is 1. The van der Waals surface area contributed by atoms with Gasteiger partial charge in [-0.05, 0) is 43.7 Å². The molecule has 0 aromatic carbocycles. The second kappa shape index (κ2) is 6.76. The van der Waals surface area contributed by atoms with Gasteiger partial charge in [0.05, 0.1) is 5.56 Å². The molecule has 0 aliphatic heterocycles. The summed E-state index contributed by atoms with van der Waals surface area (Å²) in [4.78, 5) is 39.3. The zero-order valence-electron chi connectivity index (χ0n) is 13.3. The molecular formula is C16H21N3O4. The summed E-state index contributed by atoms with van der Waals surface area (Å²) >= 11 is 0. The standard InChI is InChI=1S/C16H21N3O4/c1-10-5-7-16(8-6-10,15(22)23)19-13(20)11-3-4-12(18-9-11)14(21)17-2/h3-4,9-10H,5-8H2,1-2H3,(H,17,21)(H,19,20)(H,22,23). The first-order valence-corrected chi connectivity index (χ1v) is 7.62. The lowest BCUT2D eigenvalue weighted by Crippen LogP contribution is -2.56. The minimum Gasteiger partial charge on any atom is -0.480 e. The van der Waals surface area contributed by atoms with Gasteiger partial charge in [0, 0.05) is 13.2 Å². The molecule has 1 fully saturated rings. The minimum absolute atomic E-state index is 0.198. The number of carbonyl (C=O) groups excluding carboxylic acids is 2. The zero-order valence-corrected chi connectivity index (χ0v) is 13.3. The zero-order chi connectivity index (χ0) is 17.0. The smallest absolute Gasteiger partial charge is 0.329 e. The maximum absolute atomic E-state index is 12.3. The maximum atomic E-state index is 12.3. The highest BCUT2D eigenvalue weighted by Crippen LogP contribution is 2.32. The molecule has 0 radical (unpaired) electrons. The number of amides is 2. The van der Waals surface area contributed by atoms with Crippen molar-refractivity contribution in [2.24, 2.45) is 5.92 Å². The summed E-state index contributed by atoms with van der Waals surface area (Å²) in [7, 11) is 1.49. The first kappa shape index (κ1) is 16.9. The van der Waals surface area contributed by atoms with Gasteiger partial charge in [-0.3, -0.25) is 14.6 Å². The summed E-state index contributed by atoms with van der Waals surface area (Å²) in [6, 6.07) is 2.90. The van der Waals surface area contributed by atoms with E-state index in [1.165, 1.54) is 25.4 Å². The predicted molar refractivity (Wildman–Crippen MR) is 83.1 cm³/mol. The fourth-order valence-electron chi connectivity index (χ4n) is 2.73. The first-order valence-electron chi connectivity index (χ1n) is 7.62. The lowest BCUT2D eigenvalue weighted by atomic mass is 9.77. The van der Waals surface area contributed by atoms with E-state index in [1.807, 2.05) is 0 Å². The number of hydrogen-bond acceptors (Lipinski definition) is 4. The molecule has 3 N–H and O–H groups in total. The van der Waals surface area contributed by atoms with Crippen LogP contribution in [0.4, 0.5) is 0 Å². The first-order chi connectivity index (χ1) is 10.9. The molecule has 7 nitrogen and oxygen atoms in total. The van der Waals surface area contributed by atoms with Gasteiger partial charge < -0.3 is 15.7 Å². The van der Waals surface area contributed by atoms with Crippen LogP contribution in [0.15, 0.2) is 18.3 Å². The van der Waals surface area contributed by atoms with Gasteiger partial charge in [0.2, 0.25) is 0 Å². The van der Waals surface area contributed by atoms with Crippen LogP contribution in [-0.4, -0.2) is 40.5 Å². The van der Waals surface area contributed by atoms with Gasteiger partial charge in [-0.15, -0.1) is 0 Å². The quantitative estimate of drug-likeness (QED) is 0.773. The van der Waals surface area contributed by atoms with Gasteiger partial charge in [-0.1, -0.05) is 6.92 Å². The molecule has 1 heterocycles. The van der Waals surface area contributed by atoms with E-state index < -0.39 is 17.4 Å². The summed E-state index contributed by atoms with van der Waals surface area (Å²) in [6.07, 6.45) is 3.64. The molecule has 1 aromatic rings. The molecule has 1 aromatic heterocycles. The lowest BCUT2D eigenvalue weighted by Gasteiger charge is -2.36. The Hall–Kier alpha value is -2.44. The van der Waals surface area contributed by atoms with Crippen molar-refractivity contribution in [2.45, 2.75) is 38.1 Å². The summed E-state index contributed by atoms with van der Waals surface area (Å²) < 4.78 is 0. The number of nitrogens with zero attached hydrogens (tertiary/aromatic N) is 1. The molecule has 124 valence electrons. The van der Waals surface area contributed by atoms with E-state index in [4.69, 9.17) is 0 Å². The third-order valence-electron chi connectivity index (χ3n) is 4.38. The van der Waals surface area contributed by atoms with Gasteiger partial charge in [0.25, 0.3) is 11.8 Å². The minimum atomic E-state index is -1.22. The van der Waals surface area contributed by atoms with E-state index in [-0.39, 0.29) is 17.2 Å². The van der Waals surface area contributed by atoms with Crippen LogP contribution in [0.25, 0.3) is 0 Å². The number of rotatable bonds is 4. The van der Waals surface area contributed by atoms with Crippen molar-refractivity contribution < 1.29 is 19.5 Å². The molecule has 0 unspecified atom stereocenters. The number of aliphatic carboxylic acids is 1. The average Bonchev–Trinajstić information content (AvgIpc) is 2.56. The molecule has 23 heavy (non-hydrogen) atoms. The largest absolute Gasteiger partial charge is 0.480 e. The second-order valence-electron chi connectivity index (χ2n) is 6.04. The third kappa shape index (κ3) is 3.67. The summed E-state index contributed by atoms with van der Waals surface area (Å²) in [6.45, 7) is 2.08. The van der Waals surface area contributed by atoms with Gasteiger partial charge in [0.1, 0.15) is 11.2 Å². The average molecular weight is 319 g/mol. The van der Waals surface area contributed by atoms with E-state index in [0.29, 0.717) is 18.8 Å². The van der Waals surface area contributed by atoms with Crippen molar-refractivity contribution in [3.05, 3.63) is 29.6 Å². The van der Waals surface area contributed by atoms with Crippen molar-refractivity contribution in [3.63, 3.8) is 0 Å². The highest BCUT2D eigenvalue weighted by molar-refractivity contribution is 5.98. The van der Waals surface area contributed by atoms with Crippen molar-refractivity contribution in [3.8, 4) is 0 Å². The van der Waals surface area contributed by atoms with Crippen LogP contribution in [-0.2, 0) is 4.79 Å². The second-order valence-corrected chi connectivity index (χ2v) is 6.04. The normalized spacial score (nSPS) is 23.8. The molecule has 0 spiro atoms. The highest BCUT2D eigenvalue weighted by atomic mass is 16.4. The fraction of sp³-hybridized carbons (Fsp3) is 0.500. The Balaban J connectivity index is 2.13. The molecule has 0 saturated heterocycles. The summed E-state index contributed by atoms with van der Waals surface area (Å²) in [5, 5.41) is 14.6. The van der Waals surface area contributed by atoms with Crippen LogP contribution in [0, 0.1) is 5.92 Å². The third-order valence-corrected chi connectivity index (χ3v) is 4.38. The topological polar surface area (TPSA) is 108 Å². The van der Waals surface area contributed by atoms with E-state index in [2.05, 4.69) is 22.5 Å². The Bertz CT molecular complexity index is 604. The van der Waals surface area contributed by atoms with Crippen LogP contribution in [0.3, 0.4) is 0 Å². The van der Waals surface area contributed by atoms with Gasteiger partial charge in [-0.25, -0.2) is 4.79 Å². The van der Waals surface area contributed by atoms with E-state index in [0.717, 1.165) is 12.8 Å². The molecular weight excluding hydrogens is 298 g/mol. The molecule has 7 heteroatoms. The monoisotopic (exact) mass is 319 g/mol. The maximum Gasteiger partial charge on any atom is 0.329 e. The number of carboxylic acids is 1. The number of pyridine rings is 1. The van der Waals surface area contributed by atoms with Crippen LogP contribution < -0.4 is 10.6 Å². The van der Waals surface area contributed by atoms with E-state index in [1.54, 1.807) is 0 Å². The number of nitrogens with one attached hydrogen (secondary N) is 2. The van der Waals surface area contributed by atoms with Crippen LogP contribution in [0.2, 0.25) is 0 Å². The Morgan fingerprint density at radius 2 is 1.87 bits per heavy atom. The van der Waals surface area contributed by atoms with Gasteiger partial charge in [0.15, 0.2) is 0 Å². The lowest BCUT2D eigenvalue weighted by molar-refractivity contribution is -0.146. The van der Waals surface area contributed by atoms with Crippen molar-refractivity contribution in [2.75, 3.05) is 7.05 Å². The predicted octanol–water partition coefficient (Wildman–Crippen LogP) is 1.20. The molecule has 0 bridgehead atoms.